The number of thiol groups is 1. The number of hydrogen-bond acceptors (Lipinski definition) is 3. The second-order valence-corrected chi connectivity index (χ2v) is 4.49. The first kappa shape index (κ1) is 12.3. The molecule has 92 valence electrons. The zero-order valence-corrected chi connectivity index (χ0v) is 10.7. The summed E-state index contributed by atoms with van der Waals surface area (Å²) >= 11 is 4.19. The van der Waals surface area contributed by atoms with Gasteiger partial charge in [0.1, 0.15) is 5.75 Å². The third-order valence-electron chi connectivity index (χ3n) is 2.82. The molecule has 0 N–H and O–H groups in total. The van der Waals surface area contributed by atoms with Crippen molar-refractivity contribution in [3.63, 3.8) is 0 Å². The molecule has 0 saturated carbocycles. The maximum absolute atomic E-state index is 12.0. The Morgan fingerprint density at radius 3 is 2.94 bits per heavy atom. The Morgan fingerprint density at radius 1 is 1.29 bits per heavy atom. The summed E-state index contributed by atoms with van der Waals surface area (Å²) in [7, 11) is 0. The Balaban J connectivity index is 2.18. The predicted octanol–water partition coefficient (Wildman–Crippen LogP) is 2.51. The molecule has 1 heterocycles. The number of nitrogens with zero attached hydrogens (tertiary/aromatic N) is 1. The Bertz CT molecular complexity index is 395. The summed E-state index contributed by atoms with van der Waals surface area (Å²) in [6, 6.07) is 7.73. The molecule has 0 radical (unpaired) electrons. The molecule has 17 heavy (non-hydrogen) atoms. The first-order chi connectivity index (χ1) is 8.33. The van der Waals surface area contributed by atoms with Crippen LogP contribution in [0.2, 0.25) is 0 Å². The van der Waals surface area contributed by atoms with Gasteiger partial charge in [0.15, 0.2) is 0 Å². The van der Waals surface area contributed by atoms with Crippen LogP contribution in [0, 0.1) is 0 Å². The zero-order valence-electron chi connectivity index (χ0n) is 9.76. The van der Waals surface area contributed by atoms with Gasteiger partial charge < -0.3 is 9.64 Å². The van der Waals surface area contributed by atoms with Gasteiger partial charge in [-0.15, -0.1) is 0 Å². The molecule has 1 aliphatic rings. The van der Waals surface area contributed by atoms with Gasteiger partial charge in [0.25, 0.3) is 0 Å². The van der Waals surface area contributed by atoms with Crippen LogP contribution in [0.1, 0.15) is 19.3 Å². The van der Waals surface area contributed by atoms with Crippen LogP contribution in [0.25, 0.3) is 0 Å². The van der Waals surface area contributed by atoms with Gasteiger partial charge >= 0.3 is 0 Å². The van der Waals surface area contributed by atoms with Crippen LogP contribution in [0.15, 0.2) is 24.3 Å². The first-order valence-electron chi connectivity index (χ1n) is 5.96. The molecule has 0 spiro atoms. The van der Waals surface area contributed by atoms with E-state index in [1.54, 1.807) is 0 Å². The van der Waals surface area contributed by atoms with Crippen LogP contribution in [-0.2, 0) is 4.79 Å². The smallest absolute Gasteiger partial charge is 0.230 e. The van der Waals surface area contributed by atoms with Gasteiger partial charge in [-0.3, -0.25) is 4.79 Å². The molecule has 1 aromatic rings. The molecule has 0 atom stereocenters. The highest BCUT2D eigenvalue weighted by Gasteiger charge is 2.22. The molecule has 0 aromatic heterocycles. The normalized spacial score (nSPS) is 15.1. The van der Waals surface area contributed by atoms with Crippen LogP contribution >= 0.6 is 12.6 Å². The van der Waals surface area contributed by atoms with E-state index in [0.29, 0.717) is 13.0 Å². The van der Waals surface area contributed by atoms with E-state index in [2.05, 4.69) is 12.6 Å². The van der Waals surface area contributed by atoms with Crippen LogP contribution in [-0.4, -0.2) is 24.8 Å². The predicted molar refractivity (Wildman–Crippen MR) is 72.0 cm³/mol. The molecule has 3 nitrogen and oxygen atoms in total. The minimum absolute atomic E-state index is 0.147. The summed E-state index contributed by atoms with van der Waals surface area (Å²) in [6.45, 7) is 1.22. The number of benzene rings is 1. The van der Waals surface area contributed by atoms with Gasteiger partial charge in [0.05, 0.1) is 18.7 Å². The van der Waals surface area contributed by atoms with E-state index >= 15 is 0 Å². The Morgan fingerprint density at radius 2 is 2.12 bits per heavy atom. The molecule has 0 unspecified atom stereocenters. The minimum atomic E-state index is 0.147. The summed E-state index contributed by atoms with van der Waals surface area (Å²) in [5, 5.41) is 0. The lowest BCUT2D eigenvalue weighted by Crippen LogP contribution is -2.31. The number of fused-ring (bicyclic) bond motifs is 1. The molecular weight excluding hydrogens is 234 g/mol. The Labute approximate surface area is 107 Å². The fourth-order valence-electron chi connectivity index (χ4n) is 1.95. The van der Waals surface area contributed by atoms with Crippen molar-refractivity contribution in [2.75, 3.05) is 23.8 Å². The standard InChI is InChI=1S/C13H17NO2S/c15-13-7-9-16-12-6-2-1-5-11(12)14(13)8-3-4-10-17/h1-2,5-6,17H,3-4,7-10H2. The van der Waals surface area contributed by atoms with Crippen LogP contribution < -0.4 is 9.64 Å². The van der Waals surface area contributed by atoms with Crippen molar-refractivity contribution < 1.29 is 9.53 Å². The van der Waals surface area contributed by atoms with Gasteiger partial charge in [-0.25, -0.2) is 0 Å². The van der Waals surface area contributed by atoms with Crippen LogP contribution in [0.3, 0.4) is 0 Å². The number of hydrogen-bond donors (Lipinski definition) is 1. The Hall–Kier alpha value is -1.16. The molecule has 1 aliphatic heterocycles. The number of anilines is 1. The number of carbonyl (C=O) groups excluding carboxylic acids is 1. The summed E-state index contributed by atoms with van der Waals surface area (Å²) in [5.74, 6) is 1.82. The van der Waals surface area contributed by atoms with E-state index in [4.69, 9.17) is 4.74 Å². The second kappa shape index (κ2) is 5.96. The highest BCUT2D eigenvalue weighted by molar-refractivity contribution is 7.80. The molecular formula is C13H17NO2S. The molecule has 0 bridgehead atoms. The number of unbranched alkanes of at least 4 members (excludes halogenated alkanes) is 1. The van der Waals surface area contributed by atoms with Crippen molar-refractivity contribution in [3.8, 4) is 5.75 Å². The highest BCUT2D eigenvalue weighted by atomic mass is 32.1. The average molecular weight is 251 g/mol. The largest absolute Gasteiger partial charge is 0.491 e. The van der Waals surface area contributed by atoms with E-state index < -0.39 is 0 Å². The van der Waals surface area contributed by atoms with Gasteiger partial charge in [-0.2, -0.15) is 12.6 Å². The maximum atomic E-state index is 12.0. The minimum Gasteiger partial charge on any atom is -0.491 e. The number of para-hydroxylation sites is 2. The van der Waals surface area contributed by atoms with Gasteiger partial charge in [0.2, 0.25) is 5.91 Å². The van der Waals surface area contributed by atoms with Crippen LogP contribution in [0.5, 0.6) is 5.75 Å². The van der Waals surface area contributed by atoms with Crippen LogP contribution in [0.4, 0.5) is 5.69 Å². The first-order valence-corrected chi connectivity index (χ1v) is 6.59. The second-order valence-electron chi connectivity index (χ2n) is 4.04. The monoisotopic (exact) mass is 251 g/mol. The fourth-order valence-corrected chi connectivity index (χ4v) is 2.17. The molecule has 1 aromatic carbocycles. The molecule has 0 aliphatic carbocycles. The Kier molecular flexibility index (Phi) is 4.31. The van der Waals surface area contributed by atoms with Crippen molar-refractivity contribution in [2.24, 2.45) is 0 Å². The van der Waals surface area contributed by atoms with E-state index in [-0.39, 0.29) is 5.91 Å². The topological polar surface area (TPSA) is 29.5 Å². The van der Waals surface area contributed by atoms with Crippen molar-refractivity contribution in [2.45, 2.75) is 19.3 Å². The van der Waals surface area contributed by atoms with Gasteiger partial charge in [-0.1, -0.05) is 12.1 Å². The molecule has 0 fully saturated rings. The molecule has 2 rings (SSSR count). The van der Waals surface area contributed by atoms with E-state index in [0.717, 1.165) is 36.6 Å². The van der Waals surface area contributed by atoms with Crippen molar-refractivity contribution >= 4 is 24.2 Å². The van der Waals surface area contributed by atoms with E-state index in [1.807, 2.05) is 29.2 Å². The van der Waals surface area contributed by atoms with Crippen molar-refractivity contribution in [1.82, 2.24) is 0 Å². The quantitative estimate of drug-likeness (QED) is 0.658. The molecule has 4 heteroatoms. The maximum Gasteiger partial charge on any atom is 0.230 e. The lowest BCUT2D eigenvalue weighted by molar-refractivity contribution is -0.118. The number of carbonyl (C=O) groups is 1. The fraction of sp³-hybridized carbons (Fsp3) is 0.462. The lowest BCUT2D eigenvalue weighted by atomic mass is 10.2. The lowest BCUT2D eigenvalue weighted by Gasteiger charge is -2.21. The summed E-state index contributed by atoms with van der Waals surface area (Å²) in [6.07, 6.45) is 2.45. The molecule has 0 saturated heterocycles. The van der Waals surface area contributed by atoms with Crippen molar-refractivity contribution in [1.29, 1.82) is 0 Å². The summed E-state index contributed by atoms with van der Waals surface area (Å²) in [4.78, 5) is 13.8. The average Bonchev–Trinajstić information content (AvgIpc) is 2.50. The summed E-state index contributed by atoms with van der Waals surface area (Å²) in [5.41, 5.74) is 0.897. The van der Waals surface area contributed by atoms with E-state index in [9.17, 15) is 4.79 Å². The summed E-state index contributed by atoms with van der Waals surface area (Å²) < 4.78 is 5.58. The number of ether oxygens (including phenoxy) is 1. The SMILES string of the molecule is O=C1CCOc2ccccc2N1CCCCS. The van der Waals surface area contributed by atoms with Gasteiger partial charge in [-0.05, 0) is 30.7 Å². The van der Waals surface area contributed by atoms with Gasteiger partial charge in [0, 0.05) is 6.54 Å². The highest BCUT2D eigenvalue weighted by Crippen LogP contribution is 2.31. The zero-order chi connectivity index (χ0) is 12.1. The number of amides is 1. The van der Waals surface area contributed by atoms with Crippen molar-refractivity contribution in [3.05, 3.63) is 24.3 Å². The third-order valence-corrected chi connectivity index (χ3v) is 3.14. The number of rotatable bonds is 4. The third kappa shape index (κ3) is 2.94. The molecule has 1 amide bonds. The van der Waals surface area contributed by atoms with E-state index in [1.165, 1.54) is 0 Å².